The molecule has 0 aliphatic carbocycles. The van der Waals surface area contributed by atoms with Gasteiger partial charge in [0.15, 0.2) is 0 Å². The number of ether oxygens (including phenoxy) is 2. The summed E-state index contributed by atoms with van der Waals surface area (Å²) in [7, 11) is 1.67. The molecule has 0 fully saturated rings. The van der Waals surface area contributed by atoms with Crippen LogP contribution >= 0.6 is 0 Å². The first kappa shape index (κ1) is 17.3. The van der Waals surface area contributed by atoms with Crippen LogP contribution in [0.25, 0.3) is 0 Å². The van der Waals surface area contributed by atoms with E-state index in [9.17, 15) is 0 Å². The molecule has 4 heteroatoms. The second-order valence-electron chi connectivity index (χ2n) is 5.46. The molecule has 0 radical (unpaired) electrons. The summed E-state index contributed by atoms with van der Waals surface area (Å²) in [4.78, 5) is 0. The Morgan fingerprint density at radius 2 is 2.10 bits per heavy atom. The molecular weight excluding hydrogens is 264 g/mol. The average molecular weight is 290 g/mol. The molecule has 0 atom stereocenters. The number of nitrogens with one attached hydrogen (secondary N) is 1. The van der Waals surface area contributed by atoms with E-state index < -0.39 is 0 Å². The summed E-state index contributed by atoms with van der Waals surface area (Å²) < 4.78 is 11.1. The van der Waals surface area contributed by atoms with Gasteiger partial charge in [0.05, 0.1) is 19.8 Å². The maximum atomic E-state index is 8.51. The molecule has 0 bridgehead atoms. The molecule has 0 saturated heterocycles. The lowest BCUT2D eigenvalue weighted by Gasteiger charge is -2.14. The van der Waals surface area contributed by atoms with Gasteiger partial charge in [-0.1, -0.05) is 13.8 Å². The molecule has 0 unspecified atom stereocenters. The summed E-state index contributed by atoms with van der Waals surface area (Å²) in [6.45, 7) is 6.75. The lowest BCUT2D eigenvalue weighted by molar-refractivity contribution is 0.302. The lowest BCUT2D eigenvalue weighted by Crippen LogP contribution is -2.19. The van der Waals surface area contributed by atoms with E-state index in [0.717, 1.165) is 43.0 Å². The van der Waals surface area contributed by atoms with Crippen LogP contribution in [0.4, 0.5) is 0 Å². The van der Waals surface area contributed by atoms with Gasteiger partial charge in [0.2, 0.25) is 0 Å². The molecule has 0 aliphatic rings. The maximum absolute atomic E-state index is 8.51. The minimum atomic E-state index is 0.592. The highest BCUT2D eigenvalue weighted by atomic mass is 16.5. The van der Waals surface area contributed by atoms with Gasteiger partial charge in [0.1, 0.15) is 11.5 Å². The van der Waals surface area contributed by atoms with Crippen molar-refractivity contribution in [1.82, 2.24) is 5.32 Å². The van der Waals surface area contributed by atoms with Gasteiger partial charge in [-0.2, -0.15) is 5.26 Å². The predicted octanol–water partition coefficient (Wildman–Crippen LogP) is 3.51. The minimum absolute atomic E-state index is 0.592. The predicted molar refractivity (Wildman–Crippen MR) is 84.5 cm³/mol. The zero-order valence-corrected chi connectivity index (χ0v) is 13.3. The zero-order valence-electron chi connectivity index (χ0n) is 13.3. The second-order valence-corrected chi connectivity index (χ2v) is 5.46. The molecule has 116 valence electrons. The zero-order chi connectivity index (χ0) is 15.5. The summed E-state index contributed by atoms with van der Waals surface area (Å²) in [5.41, 5.74) is 1.11. The van der Waals surface area contributed by atoms with E-state index in [4.69, 9.17) is 14.7 Å². The lowest BCUT2D eigenvalue weighted by atomic mass is 10.1. The summed E-state index contributed by atoms with van der Waals surface area (Å²) in [5.74, 6) is 2.35. The summed E-state index contributed by atoms with van der Waals surface area (Å²) in [6.07, 6.45) is 2.38. The van der Waals surface area contributed by atoms with Crippen LogP contribution in [0.2, 0.25) is 0 Å². The highest BCUT2D eigenvalue weighted by molar-refractivity contribution is 5.40. The quantitative estimate of drug-likeness (QED) is 0.670. The molecule has 21 heavy (non-hydrogen) atoms. The molecule has 0 aromatic heterocycles. The molecule has 1 aromatic carbocycles. The minimum Gasteiger partial charge on any atom is -0.497 e. The number of benzene rings is 1. The number of hydrogen-bond donors (Lipinski definition) is 1. The third-order valence-corrected chi connectivity index (χ3v) is 3.08. The third-order valence-electron chi connectivity index (χ3n) is 3.08. The van der Waals surface area contributed by atoms with Gasteiger partial charge < -0.3 is 14.8 Å². The number of methoxy groups -OCH3 is 1. The molecule has 4 nitrogen and oxygen atoms in total. The topological polar surface area (TPSA) is 54.3 Å². The largest absolute Gasteiger partial charge is 0.497 e. The Morgan fingerprint density at radius 1 is 1.29 bits per heavy atom. The first-order valence-electron chi connectivity index (χ1n) is 7.54. The molecule has 0 spiro atoms. The van der Waals surface area contributed by atoms with Crippen molar-refractivity contribution >= 4 is 0 Å². The fourth-order valence-corrected chi connectivity index (χ4v) is 1.95. The van der Waals surface area contributed by atoms with Gasteiger partial charge >= 0.3 is 0 Å². The van der Waals surface area contributed by atoms with Crippen molar-refractivity contribution in [3.8, 4) is 17.6 Å². The van der Waals surface area contributed by atoms with Crippen molar-refractivity contribution < 1.29 is 9.47 Å². The molecule has 0 heterocycles. The second kappa shape index (κ2) is 10.1. The fraction of sp³-hybridized carbons (Fsp3) is 0.588. The van der Waals surface area contributed by atoms with Gasteiger partial charge in [-0.15, -0.1) is 0 Å². The number of unbranched alkanes of at least 4 members (excludes halogenated alkanes) is 2. The summed E-state index contributed by atoms with van der Waals surface area (Å²) in [5, 5.41) is 11.9. The Bertz CT molecular complexity index is 453. The average Bonchev–Trinajstić information content (AvgIpc) is 2.47. The highest BCUT2D eigenvalue weighted by Gasteiger charge is 2.06. The van der Waals surface area contributed by atoms with Crippen molar-refractivity contribution in [3.63, 3.8) is 0 Å². The van der Waals surface area contributed by atoms with Crippen LogP contribution in [0.5, 0.6) is 11.5 Å². The Labute approximate surface area is 128 Å². The van der Waals surface area contributed by atoms with E-state index in [1.54, 1.807) is 7.11 Å². The van der Waals surface area contributed by atoms with Crippen molar-refractivity contribution in [1.29, 1.82) is 5.26 Å². The van der Waals surface area contributed by atoms with Crippen molar-refractivity contribution in [2.75, 3.05) is 20.3 Å². The Morgan fingerprint density at radius 3 is 2.76 bits per heavy atom. The molecular formula is C17H26N2O2. The Balaban J connectivity index is 2.57. The normalized spacial score (nSPS) is 10.4. The van der Waals surface area contributed by atoms with E-state index >= 15 is 0 Å². The highest BCUT2D eigenvalue weighted by Crippen LogP contribution is 2.24. The number of nitrogens with zero attached hydrogens (tertiary/aromatic N) is 1. The van der Waals surface area contributed by atoms with Crippen LogP contribution in [0.15, 0.2) is 18.2 Å². The van der Waals surface area contributed by atoms with Gasteiger partial charge in [-0.25, -0.2) is 0 Å². The Hall–Kier alpha value is -1.73. The number of hydrogen-bond acceptors (Lipinski definition) is 4. The fourth-order valence-electron chi connectivity index (χ4n) is 1.95. The van der Waals surface area contributed by atoms with E-state index in [1.807, 2.05) is 18.2 Å². The maximum Gasteiger partial charge on any atom is 0.124 e. The molecule has 0 aliphatic heterocycles. The van der Waals surface area contributed by atoms with Gasteiger partial charge in [-0.05, 0) is 43.5 Å². The van der Waals surface area contributed by atoms with Gasteiger partial charge in [-0.3, -0.25) is 0 Å². The van der Waals surface area contributed by atoms with E-state index in [-0.39, 0.29) is 0 Å². The number of rotatable bonds is 10. The summed E-state index contributed by atoms with van der Waals surface area (Å²) >= 11 is 0. The molecule has 1 N–H and O–H groups in total. The van der Waals surface area contributed by atoms with Crippen LogP contribution in [-0.2, 0) is 6.54 Å². The van der Waals surface area contributed by atoms with Crippen LogP contribution in [-0.4, -0.2) is 20.3 Å². The Kier molecular flexibility index (Phi) is 8.30. The number of nitriles is 1. The molecule has 0 amide bonds. The smallest absolute Gasteiger partial charge is 0.124 e. The molecule has 1 aromatic rings. The van der Waals surface area contributed by atoms with Gasteiger partial charge in [0.25, 0.3) is 0 Å². The van der Waals surface area contributed by atoms with Crippen LogP contribution in [0.1, 0.15) is 38.7 Å². The third kappa shape index (κ3) is 7.01. The van der Waals surface area contributed by atoms with Crippen LogP contribution in [0, 0.1) is 17.2 Å². The van der Waals surface area contributed by atoms with E-state index in [2.05, 4.69) is 25.2 Å². The SMILES string of the molecule is COc1ccc(OCCCCC#N)c(CNCC(C)C)c1. The van der Waals surface area contributed by atoms with Crippen molar-refractivity contribution in [2.24, 2.45) is 5.92 Å². The molecule has 1 rings (SSSR count). The van der Waals surface area contributed by atoms with Gasteiger partial charge in [0, 0.05) is 18.5 Å². The first-order chi connectivity index (χ1) is 10.2. The van der Waals surface area contributed by atoms with Crippen LogP contribution < -0.4 is 14.8 Å². The summed E-state index contributed by atoms with van der Waals surface area (Å²) in [6, 6.07) is 8.03. The van der Waals surface area contributed by atoms with Crippen molar-refractivity contribution in [3.05, 3.63) is 23.8 Å². The van der Waals surface area contributed by atoms with Crippen molar-refractivity contribution in [2.45, 2.75) is 39.7 Å². The van der Waals surface area contributed by atoms with E-state index in [1.165, 1.54) is 0 Å². The monoisotopic (exact) mass is 290 g/mol. The van der Waals surface area contributed by atoms with Crippen LogP contribution in [0.3, 0.4) is 0 Å². The molecule has 0 saturated carbocycles. The standard InChI is InChI=1S/C17H26N2O2/c1-14(2)12-19-13-15-11-16(20-3)7-8-17(15)21-10-6-4-5-9-18/h7-8,11,14,19H,4-6,10,12-13H2,1-3H3. The first-order valence-corrected chi connectivity index (χ1v) is 7.54. The van der Waals surface area contributed by atoms with E-state index in [0.29, 0.717) is 18.9 Å².